The lowest BCUT2D eigenvalue weighted by Crippen LogP contribution is -2.31. The molecule has 2 nitrogen and oxygen atoms in total. The minimum absolute atomic E-state index is 0.196. The largest absolute Gasteiger partial charge is 0.456 e. The first kappa shape index (κ1) is 21.3. The molecule has 0 saturated heterocycles. The maximum atomic E-state index is 13.5. The number of rotatable bonds is 6. The molecule has 0 unspecified atom stereocenters. The molecule has 0 heterocycles. The van der Waals surface area contributed by atoms with Gasteiger partial charge in [-0.3, -0.25) is 0 Å². The molecule has 3 aliphatic carbocycles. The highest BCUT2D eigenvalue weighted by atomic mass is 19.2. The van der Waals surface area contributed by atoms with E-state index in [0.29, 0.717) is 23.7 Å². The fraction of sp³-hybridized carbons (Fsp3) is 0.577. The first-order valence-electron chi connectivity index (χ1n) is 11.5. The van der Waals surface area contributed by atoms with Crippen LogP contribution in [-0.4, -0.2) is 11.6 Å². The summed E-state index contributed by atoms with van der Waals surface area (Å²) in [4.78, 5) is 11.6. The third-order valence-corrected chi connectivity index (χ3v) is 7.57. The average Bonchev–Trinajstić information content (AvgIpc) is 3.55. The van der Waals surface area contributed by atoms with Gasteiger partial charge in [-0.2, -0.15) is 0 Å². The Kier molecular flexibility index (Phi) is 6.40. The second-order valence-corrected chi connectivity index (χ2v) is 9.47. The van der Waals surface area contributed by atoms with Crippen LogP contribution in [0.15, 0.2) is 43.0 Å². The normalized spacial score (nSPS) is 30.7. The van der Waals surface area contributed by atoms with Gasteiger partial charge in [-0.15, -0.1) is 0 Å². The summed E-state index contributed by atoms with van der Waals surface area (Å²) < 4.78 is 32.3. The van der Waals surface area contributed by atoms with Gasteiger partial charge < -0.3 is 4.74 Å². The number of hydrogen-bond donors (Lipinski definition) is 0. The highest BCUT2D eigenvalue weighted by Crippen LogP contribution is 2.52. The Hall–Kier alpha value is -1.97. The second kappa shape index (κ2) is 9.03. The molecule has 0 spiro atoms. The van der Waals surface area contributed by atoms with Crippen molar-refractivity contribution in [3.63, 3.8) is 0 Å². The van der Waals surface area contributed by atoms with Crippen LogP contribution in [0.5, 0.6) is 0 Å². The van der Waals surface area contributed by atoms with Crippen molar-refractivity contribution in [2.45, 2.75) is 75.7 Å². The Bertz CT molecular complexity index is 795. The molecule has 4 rings (SSSR count). The lowest BCUT2D eigenvalue weighted by molar-refractivity contribution is -0.149. The molecule has 0 N–H and O–H groups in total. The average molecular weight is 415 g/mol. The molecular formula is C26H32F2O2. The predicted octanol–water partition coefficient (Wildman–Crippen LogP) is 6.86. The standard InChI is InChI=1S/C26H32F2O2/c1-2-25(29)30-26(15-16-26)22-12-7-19(8-13-22)4-3-18-5-9-20(10-6-18)21-11-14-23(27)24(28)17-21/h2-4,11,14,17-20,22H,1,5-10,12-13,15-16H2. The van der Waals surface area contributed by atoms with Crippen LogP contribution in [0.1, 0.15) is 75.7 Å². The molecule has 162 valence electrons. The summed E-state index contributed by atoms with van der Waals surface area (Å²) in [6, 6.07) is 4.35. The van der Waals surface area contributed by atoms with Crippen molar-refractivity contribution in [3.8, 4) is 0 Å². The molecule has 3 saturated carbocycles. The first-order chi connectivity index (χ1) is 14.5. The van der Waals surface area contributed by atoms with E-state index in [-0.39, 0.29) is 11.6 Å². The number of carbonyl (C=O) groups excluding carboxylic acids is 1. The number of ether oxygens (including phenoxy) is 1. The third-order valence-electron chi connectivity index (χ3n) is 7.57. The van der Waals surface area contributed by atoms with Crippen molar-refractivity contribution < 1.29 is 18.3 Å². The summed E-state index contributed by atoms with van der Waals surface area (Å²) in [6.45, 7) is 3.51. The van der Waals surface area contributed by atoms with Gasteiger partial charge in [-0.1, -0.05) is 24.8 Å². The Labute approximate surface area is 178 Å². The van der Waals surface area contributed by atoms with E-state index >= 15 is 0 Å². The van der Waals surface area contributed by atoms with E-state index in [1.807, 2.05) is 0 Å². The maximum absolute atomic E-state index is 13.5. The van der Waals surface area contributed by atoms with Crippen molar-refractivity contribution in [1.29, 1.82) is 0 Å². The number of carbonyl (C=O) groups is 1. The van der Waals surface area contributed by atoms with E-state index in [9.17, 15) is 13.6 Å². The monoisotopic (exact) mass is 414 g/mol. The highest BCUT2D eigenvalue weighted by Gasteiger charge is 2.53. The molecule has 0 atom stereocenters. The van der Waals surface area contributed by atoms with Gasteiger partial charge in [0.25, 0.3) is 0 Å². The summed E-state index contributed by atoms with van der Waals surface area (Å²) in [5.74, 6) is 0.261. The molecule has 0 aromatic heterocycles. The van der Waals surface area contributed by atoms with Gasteiger partial charge in [0.2, 0.25) is 0 Å². The van der Waals surface area contributed by atoms with Crippen LogP contribution < -0.4 is 0 Å². The molecule has 3 fully saturated rings. The molecule has 0 bridgehead atoms. The van der Waals surface area contributed by atoms with E-state index in [4.69, 9.17) is 4.74 Å². The van der Waals surface area contributed by atoms with Gasteiger partial charge >= 0.3 is 5.97 Å². The van der Waals surface area contributed by atoms with E-state index in [1.54, 1.807) is 6.07 Å². The van der Waals surface area contributed by atoms with Gasteiger partial charge in [0.05, 0.1) is 0 Å². The molecule has 0 aliphatic heterocycles. The minimum atomic E-state index is -0.767. The highest BCUT2D eigenvalue weighted by molar-refractivity contribution is 5.81. The number of hydrogen-bond acceptors (Lipinski definition) is 2. The molecule has 3 aliphatic rings. The Balaban J connectivity index is 1.22. The molecule has 1 aromatic carbocycles. The maximum Gasteiger partial charge on any atom is 0.330 e. The molecule has 1 aromatic rings. The van der Waals surface area contributed by atoms with Crippen LogP contribution in [0, 0.1) is 29.4 Å². The zero-order valence-electron chi connectivity index (χ0n) is 17.6. The van der Waals surface area contributed by atoms with E-state index in [0.717, 1.165) is 56.9 Å². The fourth-order valence-corrected chi connectivity index (χ4v) is 5.52. The second-order valence-electron chi connectivity index (χ2n) is 9.47. The van der Waals surface area contributed by atoms with Crippen LogP contribution >= 0.6 is 0 Å². The fourth-order valence-electron chi connectivity index (χ4n) is 5.52. The molecule has 30 heavy (non-hydrogen) atoms. The first-order valence-corrected chi connectivity index (χ1v) is 11.5. The van der Waals surface area contributed by atoms with Crippen molar-refractivity contribution in [2.24, 2.45) is 17.8 Å². The van der Waals surface area contributed by atoms with Crippen LogP contribution in [-0.2, 0) is 9.53 Å². The van der Waals surface area contributed by atoms with Crippen molar-refractivity contribution in [3.05, 3.63) is 60.2 Å². The molecule has 4 heteroatoms. The summed E-state index contributed by atoms with van der Waals surface area (Å²) in [6.07, 6.45) is 16.9. The topological polar surface area (TPSA) is 26.3 Å². The van der Waals surface area contributed by atoms with Crippen LogP contribution in [0.3, 0.4) is 0 Å². The summed E-state index contributed by atoms with van der Waals surface area (Å²) in [5, 5.41) is 0. The van der Waals surface area contributed by atoms with Crippen LogP contribution in [0.4, 0.5) is 8.78 Å². The van der Waals surface area contributed by atoms with Crippen molar-refractivity contribution in [2.75, 3.05) is 0 Å². The lowest BCUT2D eigenvalue weighted by atomic mass is 9.76. The van der Waals surface area contributed by atoms with Gasteiger partial charge in [0, 0.05) is 6.08 Å². The number of allylic oxidation sites excluding steroid dienone is 2. The molecule has 0 radical (unpaired) electrons. The summed E-state index contributed by atoms with van der Waals surface area (Å²) >= 11 is 0. The smallest absolute Gasteiger partial charge is 0.330 e. The molecule has 0 amide bonds. The van der Waals surface area contributed by atoms with Crippen LogP contribution in [0.2, 0.25) is 0 Å². The van der Waals surface area contributed by atoms with E-state index < -0.39 is 11.6 Å². The van der Waals surface area contributed by atoms with Gasteiger partial charge in [-0.25, -0.2) is 13.6 Å². The summed E-state index contributed by atoms with van der Waals surface area (Å²) in [7, 11) is 0. The number of esters is 1. The summed E-state index contributed by atoms with van der Waals surface area (Å²) in [5.41, 5.74) is 0.735. The van der Waals surface area contributed by atoms with Crippen molar-refractivity contribution in [1.82, 2.24) is 0 Å². The lowest BCUT2D eigenvalue weighted by Gasteiger charge is -2.33. The number of benzene rings is 1. The Morgan fingerprint density at radius 1 is 0.933 bits per heavy atom. The van der Waals surface area contributed by atoms with E-state index in [1.165, 1.54) is 31.1 Å². The quantitative estimate of drug-likeness (QED) is 0.289. The zero-order valence-corrected chi connectivity index (χ0v) is 17.6. The Morgan fingerprint density at radius 3 is 2.07 bits per heavy atom. The van der Waals surface area contributed by atoms with Crippen LogP contribution in [0.25, 0.3) is 0 Å². The van der Waals surface area contributed by atoms with Crippen molar-refractivity contribution >= 4 is 5.97 Å². The SMILES string of the molecule is C=CC(=O)OC1(C2CCC(C=CC3CCC(c4ccc(F)c(F)c4)CC3)CC2)CC1. The third kappa shape index (κ3) is 4.84. The predicted molar refractivity (Wildman–Crippen MR) is 114 cm³/mol. The van der Waals surface area contributed by atoms with E-state index in [2.05, 4.69) is 18.7 Å². The van der Waals surface area contributed by atoms with Gasteiger partial charge in [0.15, 0.2) is 11.6 Å². The van der Waals surface area contributed by atoms with Gasteiger partial charge in [0.1, 0.15) is 5.60 Å². The van der Waals surface area contributed by atoms with Gasteiger partial charge in [-0.05, 0) is 106 Å². The minimum Gasteiger partial charge on any atom is -0.456 e. The Morgan fingerprint density at radius 2 is 1.53 bits per heavy atom. The zero-order chi connectivity index (χ0) is 21.1. The molecular weight excluding hydrogens is 382 g/mol. The number of halogens is 2.